The molecule has 3 aromatic rings. The van der Waals surface area contributed by atoms with Crippen molar-refractivity contribution in [3.8, 4) is 5.75 Å². The van der Waals surface area contributed by atoms with Gasteiger partial charge in [0.25, 0.3) is 0 Å². The van der Waals surface area contributed by atoms with E-state index in [0.29, 0.717) is 0 Å². The maximum absolute atomic E-state index is 6.01. The van der Waals surface area contributed by atoms with E-state index in [-0.39, 0.29) is 6.10 Å². The summed E-state index contributed by atoms with van der Waals surface area (Å²) in [6, 6.07) is 16.2. The Morgan fingerprint density at radius 3 is 2.65 bits per heavy atom. The van der Waals surface area contributed by atoms with E-state index in [0.717, 1.165) is 22.6 Å². The molecule has 0 bridgehead atoms. The minimum absolute atomic E-state index is 0.0887. The second kappa shape index (κ2) is 5.00. The molecule has 20 heavy (non-hydrogen) atoms. The van der Waals surface area contributed by atoms with Gasteiger partial charge < -0.3 is 9.30 Å². The molecule has 0 saturated carbocycles. The zero-order valence-corrected chi connectivity index (χ0v) is 12.0. The fourth-order valence-electron chi connectivity index (χ4n) is 2.47. The predicted octanol–water partition coefficient (Wildman–Crippen LogP) is 4.02. The average Bonchev–Trinajstić information content (AvgIpc) is 2.77. The molecule has 2 aromatic carbocycles. The SMILES string of the molecule is Cc1cccc(OC(C)c2nc3ccccc3n2C)c1. The zero-order chi connectivity index (χ0) is 14.1. The van der Waals surface area contributed by atoms with Crippen LogP contribution < -0.4 is 4.74 Å². The van der Waals surface area contributed by atoms with Crippen LogP contribution in [0.15, 0.2) is 48.5 Å². The Labute approximate surface area is 118 Å². The lowest BCUT2D eigenvalue weighted by molar-refractivity contribution is 0.213. The van der Waals surface area contributed by atoms with Crippen molar-refractivity contribution in [3.05, 3.63) is 59.9 Å². The van der Waals surface area contributed by atoms with Gasteiger partial charge in [-0.1, -0.05) is 24.3 Å². The van der Waals surface area contributed by atoms with Crippen molar-refractivity contribution in [2.24, 2.45) is 7.05 Å². The van der Waals surface area contributed by atoms with E-state index >= 15 is 0 Å². The number of rotatable bonds is 3. The number of fused-ring (bicyclic) bond motifs is 1. The second-order valence-electron chi connectivity index (χ2n) is 5.09. The Kier molecular flexibility index (Phi) is 3.18. The van der Waals surface area contributed by atoms with Crippen molar-refractivity contribution < 1.29 is 4.74 Å². The molecule has 1 unspecified atom stereocenters. The van der Waals surface area contributed by atoms with E-state index < -0.39 is 0 Å². The molecular formula is C17H18N2O. The van der Waals surface area contributed by atoms with Gasteiger partial charge in [0, 0.05) is 7.05 Å². The number of para-hydroxylation sites is 2. The van der Waals surface area contributed by atoms with Crippen molar-refractivity contribution in [1.82, 2.24) is 9.55 Å². The van der Waals surface area contributed by atoms with Gasteiger partial charge in [-0.2, -0.15) is 0 Å². The van der Waals surface area contributed by atoms with Crippen molar-refractivity contribution in [3.63, 3.8) is 0 Å². The molecule has 1 aromatic heterocycles. The summed E-state index contributed by atoms with van der Waals surface area (Å²) in [6.07, 6.45) is -0.0887. The quantitative estimate of drug-likeness (QED) is 0.716. The number of aromatic nitrogens is 2. The Hall–Kier alpha value is -2.29. The van der Waals surface area contributed by atoms with Crippen LogP contribution in [0.3, 0.4) is 0 Å². The summed E-state index contributed by atoms with van der Waals surface area (Å²) in [4.78, 5) is 4.67. The van der Waals surface area contributed by atoms with E-state index in [2.05, 4.69) is 28.6 Å². The smallest absolute Gasteiger partial charge is 0.153 e. The summed E-state index contributed by atoms with van der Waals surface area (Å²) in [5.74, 6) is 1.82. The lowest BCUT2D eigenvalue weighted by Crippen LogP contribution is -2.09. The largest absolute Gasteiger partial charge is 0.483 e. The number of ether oxygens (including phenoxy) is 1. The molecule has 1 heterocycles. The monoisotopic (exact) mass is 266 g/mol. The molecular weight excluding hydrogens is 248 g/mol. The van der Waals surface area contributed by atoms with Crippen LogP contribution >= 0.6 is 0 Å². The summed E-state index contributed by atoms with van der Waals surface area (Å²) >= 11 is 0. The molecule has 1 atom stereocenters. The fraction of sp³-hybridized carbons (Fsp3) is 0.235. The van der Waals surface area contributed by atoms with Crippen molar-refractivity contribution in [1.29, 1.82) is 0 Å². The molecule has 0 aliphatic heterocycles. The lowest BCUT2D eigenvalue weighted by atomic mass is 10.2. The van der Waals surface area contributed by atoms with Gasteiger partial charge in [0.1, 0.15) is 5.75 Å². The first kappa shape index (κ1) is 12.7. The van der Waals surface area contributed by atoms with Gasteiger partial charge >= 0.3 is 0 Å². The molecule has 0 aliphatic carbocycles. The van der Waals surface area contributed by atoms with Gasteiger partial charge in [0.05, 0.1) is 11.0 Å². The first-order valence-electron chi connectivity index (χ1n) is 6.80. The molecule has 3 nitrogen and oxygen atoms in total. The first-order chi connectivity index (χ1) is 9.65. The van der Waals surface area contributed by atoms with Crippen molar-refractivity contribution >= 4 is 11.0 Å². The number of hydrogen-bond donors (Lipinski definition) is 0. The van der Waals surface area contributed by atoms with Gasteiger partial charge in [-0.05, 0) is 43.7 Å². The topological polar surface area (TPSA) is 27.1 Å². The van der Waals surface area contributed by atoms with Crippen LogP contribution in [0.5, 0.6) is 5.75 Å². The average molecular weight is 266 g/mol. The van der Waals surface area contributed by atoms with E-state index in [4.69, 9.17) is 4.74 Å². The zero-order valence-electron chi connectivity index (χ0n) is 12.0. The lowest BCUT2D eigenvalue weighted by Gasteiger charge is -2.15. The highest BCUT2D eigenvalue weighted by molar-refractivity contribution is 5.75. The minimum atomic E-state index is -0.0887. The minimum Gasteiger partial charge on any atom is -0.483 e. The molecule has 0 aliphatic rings. The van der Waals surface area contributed by atoms with E-state index in [1.54, 1.807) is 0 Å². The summed E-state index contributed by atoms with van der Waals surface area (Å²) in [5.41, 5.74) is 3.33. The van der Waals surface area contributed by atoms with Crippen LogP contribution in [0, 0.1) is 6.92 Å². The number of benzene rings is 2. The molecule has 0 fully saturated rings. The van der Waals surface area contributed by atoms with Crippen LogP contribution in [-0.2, 0) is 7.05 Å². The van der Waals surface area contributed by atoms with Gasteiger partial charge in [-0.3, -0.25) is 0 Å². The standard InChI is InChI=1S/C17H18N2O/c1-12-7-6-8-14(11-12)20-13(2)17-18-15-9-4-5-10-16(15)19(17)3/h4-11,13H,1-3H3. The number of imidazole rings is 1. The Morgan fingerprint density at radius 2 is 1.90 bits per heavy atom. The van der Waals surface area contributed by atoms with Crippen LogP contribution in [0.25, 0.3) is 11.0 Å². The van der Waals surface area contributed by atoms with Gasteiger partial charge in [0.15, 0.2) is 11.9 Å². The second-order valence-corrected chi connectivity index (χ2v) is 5.09. The number of aryl methyl sites for hydroxylation is 2. The van der Waals surface area contributed by atoms with Gasteiger partial charge in [-0.15, -0.1) is 0 Å². The third kappa shape index (κ3) is 2.27. The van der Waals surface area contributed by atoms with Crippen LogP contribution in [0.1, 0.15) is 24.4 Å². The van der Waals surface area contributed by atoms with E-state index in [1.807, 2.05) is 50.4 Å². The van der Waals surface area contributed by atoms with Crippen LogP contribution in [0.2, 0.25) is 0 Å². The van der Waals surface area contributed by atoms with Crippen LogP contribution in [0.4, 0.5) is 0 Å². The van der Waals surface area contributed by atoms with Crippen LogP contribution in [-0.4, -0.2) is 9.55 Å². The molecule has 0 spiro atoms. The normalized spacial score (nSPS) is 12.6. The third-order valence-corrected chi connectivity index (χ3v) is 3.49. The van der Waals surface area contributed by atoms with Gasteiger partial charge in [0.2, 0.25) is 0 Å². The highest BCUT2D eigenvalue weighted by Crippen LogP contribution is 2.24. The molecule has 0 amide bonds. The molecule has 0 saturated heterocycles. The maximum Gasteiger partial charge on any atom is 0.153 e. The maximum atomic E-state index is 6.01. The molecule has 0 N–H and O–H groups in total. The Balaban J connectivity index is 1.92. The molecule has 0 radical (unpaired) electrons. The first-order valence-corrected chi connectivity index (χ1v) is 6.80. The Morgan fingerprint density at radius 1 is 1.10 bits per heavy atom. The summed E-state index contributed by atoms with van der Waals surface area (Å²) < 4.78 is 8.10. The highest BCUT2D eigenvalue weighted by Gasteiger charge is 2.15. The van der Waals surface area contributed by atoms with Crippen molar-refractivity contribution in [2.75, 3.05) is 0 Å². The number of nitrogens with zero attached hydrogens (tertiary/aromatic N) is 2. The summed E-state index contributed by atoms with van der Waals surface area (Å²) in [7, 11) is 2.03. The Bertz CT molecular complexity index is 746. The van der Waals surface area contributed by atoms with Gasteiger partial charge in [-0.25, -0.2) is 4.98 Å². The summed E-state index contributed by atoms with van der Waals surface area (Å²) in [5, 5.41) is 0. The van der Waals surface area contributed by atoms with Crippen molar-refractivity contribution in [2.45, 2.75) is 20.0 Å². The third-order valence-electron chi connectivity index (χ3n) is 3.49. The summed E-state index contributed by atoms with van der Waals surface area (Å²) in [6.45, 7) is 4.09. The molecule has 3 heteroatoms. The highest BCUT2D eigenvalue weighted by atomic mass is 16.5. The molecule has 102 valence electrons. The van der Waals surface area contributed by atoms with E-state index in [9.17, 15) is 0 Å². The molecule has 3 rings (SSSR count). The van der Waals surface area contributed by atoms with E-state index in [1.165, 1.54) is 5.56 Å². The fourth-order valence-corrected chi connectivity index (χ4v) is 2.47. The number of hydrogen-bond acceptors (Lipinski definition) is 2. The predicted molar refractivity (Wildman–Crippen MR) is 80.9 cm³/mol.